The van der Waals surface area contributed by atoms with Crippen LogP contribution in [0.1, 0.15) is 5.76 Å². The van der Waals surface area contributed by atoms with E-state index >= 15 is 0 Å². The zero-order chi connectivity index (χ0) is 24.9. The number of anilines is 2. The number of halogens is 2. The summed E-state index contributed by atoms with van der Waals surface area (Å²) in [6.45, 7) is 1.10. The highest BCUT2D eigenvalue weighted by atomic mass is 35.5. The fourth-order valence-corrected chi connectivity index (χ4v) is 3.89. The van der Waals surface area contributed by atoms with E-state index in [0.29, 0.717) is 41.1 Å². The third-order valence-electron chi connectivity index (χ3n) is 5.42. The molecule has 2 aromatic heterocycles. The topological polar surface area (TPSA) is 92.4 Å². The Hall–Kier alpha value is -3.98. The molecule has 0 saturated heterocycles. The van der Waals surface area contributed by atoms with Gasteiger partial charge < -0.3 is 24.9 Å². The van der Waals surface area contributed by atoms with Crippen molar-refractivity contribution in [3.05, 3.63) is 95.7 Å². The van der Waals surface area contributed by atoms with Gasteiger partial charge in [0.1, 0.15) is 29.4 Å². The van der Waals surface area contributed by atoms with Crippen molar-refractivity contribution >= 4 is 34.0 Å². The highest BCUT2D eigenvalue weighted by molar-refractivity contribution is 6.32. The molecule has 0 amide bonds. The molecule has 9 heteroatoms. The van der Waals surface area contributed by atoms with E-state index in [-0.39, 0.29) is 12.4 Å². The summed E-state index contributed by atoms with van der Waals surface area (Å²) in [6.07, 6.45) is 1.49. The first-order chi connectivity index (χ1) is 17.6. The predicted molar refractivity (Wildman–Crippen MR) is 137 cm³/mol. The van der Waals surface area contributed by atoms with Crippen molar-refractivity contribution < 1.29 is 18.7 Å². The van der Waals surface area contributed by atoms with Crippen molar-refractivity contribution in [3.8, 4) is 22.8 Å². The summed E-state index contributed by atoms with van der Waals surface area (Å²) in [5.74, 6) is 2.05. The molecule has 0 saturated carbocycles. The number of aliphatic hydroxyl groups excluding tert-OH is 1. The summed E-state index contributed by atoms with van der Waals surface area (Å²) < 4.78 is 25.5. The van der Waals surface area contributed by atoms with E-state index in [1.54, 1.807) is 30.3 Å². The van der Waals surface area contributed by atoms with Gasteiger partial charge in [-0.2, -0.15) is 0 Å². The molecule has 5 aromatic rings. The zero-order valence-electron chi connectivity index (χ0n) is 19.0. The summed E-state index contributed by atoms with van der Waals surface area (Å²) in [7, 11) is 0. The first kappa shape index (κ1) is 23.7. The van der Waals surface area contributed by atoms with Gasteiger partial charge in [0.05, 0.1) is 23.7 Å². The minimum absolute atomic E-state index is 0.0700. The number of fused-ring (bicyclic) bond motifs is 1. The monoisotopic (exact) mass is 504 g/mol. The van der Waals surface area contributed by atoms with E-state index in [9.17, 15) is 4.39 Å². The second-order valence-corrected chi connectivity index (χ2v) is 8.33. The number of nitrogens with one attached hydrogen (secondary N) is 2. The van der Waals surface area contributed by atoms with Gasteiger partial charge in [0.15, 0.2) is 11.6 Å². The normalized spacial score (nSPS) is 11.1. The minimum atomic E-state index is -0.468. The first-order valence-electron chi connectivity index (χ1n) is 11.2. The van der Waals surface area contributed by atoms with Crippen LogP contribution in [0.2, 0.25) is 5.02 Å². The van der Waals surface area contributed by atoms with Crippen LogP contribution in [0, 0.1) is 5.82 Å². The molecule has 0 bridgehead atoms. The quantitative estimate of drug-likeness (QED) is 0.203. The maximum atomic E-state index is 13.9. The lowest BCUT2D eigenvalue weighted by Crippen LogP contribution is -2.16. The molecule has 182 valence electrons. The number of hydrogen-bond acceptors (Lipinski definition) is 7. The van der Waals surface area contributed by atoms with Gasteiger partial charge in [-0.15, -0.1) is 0 Å². The summed E-state index contributed by atoms with van der Waals surface area (Å²) in [5, 5.41) is 16.4. The fraction of sp³-hybridized carbons (Fsp3) is 0.111. The van der Waals surface area contributed by atoms with E-state index < -0.39 is 5.82 Å². The van der Waals surface area contributed by atoms with E-state index in [4.69, 9.17) is 25.9 Å². The Bertz CT molecular complexity index is 1510. The first-order valence-corrected chi connectivity index (χ1v) is 11.6. The summed E-state index contributed by atoms with van der Waals surface area (Å²) >= 11 is 6.42. The van der Waals surface area contributed by atoms with E-state index in [0.717, 1.165) is 22.2 Å². The third-order valence-corrected chi connectivity index (χ3v) is 5.72. The van der Waals surface area contributed by atoms with Gasteiger partial charge >= 0.3 is 0 Å². The van der Waals surface area contributed by atoms with Gasteiger partial charge in [-0.05, 0) is 60.7 Å². The van der Waals surface area contributed by atoms with E-state index in [1.165, 1.54) is 18.5 Å². The van der Waals surface area contributed by atoms with Crippen molar-refractivity contribution in [2.45, 2.75) is 6.54 Å². The molecule has 7 nitrogen and oxygen atoms in total. The Morgan fingerprint density at radius 3 is 2.69 bits per heavy atom. The van der Waals surface area contributed by atoms with Crippen LogP contribution in [0.5, 0.6) is 11.5 Å². The molecule has 0 fully saturated rings. The van der Waals surface area contributed by atoms with Gasteiger partial charge in [0, 0.05) is 23.2 Å². The molecular weight excluding hydrogens is 483 g/mol. The molecule has 3 N–H and O–H groups in total. The largest absolute Gasteiger partial charge is 0.460 e. The van der Waals surface area contributed by atoms with Crippen LogP contribution in [-0.2, 0) is 6.54 Å². The minimum Gasteiger partial charge on any atom is -0.460 e. The summed E-state index contributed by atoms with van der Waals surface area (Å²) in [5.41, 5.74) is 2.32. The number of benzene rings is 3. The molecule has 0 unspecified atom stereocenters. The van der Waals surface area contributed by atoms with E-state index in [1.807, 2.05) is 30.3 Å². The number of nitrogens with zero attached hydrogens (tertiary/aromatic N) is 2. The Morgan fingerprint density at radius 2 is 1.86 bits per heavy atom. The maximum Gasteiger partial charge on any atom is 0.165 e. The Labute approximate surface area is 211 Å². The molecule has 2 heterocycles. The molecule has 0 aliphatic rings. The second-order valence-electron chi connectivity index (χ2n) is 7.92. The Balaban J connectivity index is 1.38. The second kappa shape index (κ2) is 10.7. The molecule has 0 radical (unpaired) electrons. The highest BCUT2D eigenvalue weighted by Crippen LogP contribution is 2.35. The van der Waals surface area contributed by atoms with Gasteiger partial charge in [-0.25, -0.2) is 14.4 Å². The molecule has 0 atom stereocenters. The van der Waals surface area contributed by atoms with Crippen LogP contribution in [0.15, 0.2) is 83.5 Å². The van der Waals surface area contributed by atoms with Crippen LogP contribution in [-0.4, -0.2) is 28.2 Å². The molecule has 36 heavy (non-hydrogen) atoms. The SMILES string of the molecule is OCCNCc1ccc(-c2ccc3ncnc(Nc4ccc(Oc5ccccc5F)c(Cl)c4)c3c2)o1. The zero-order valence-corrected chi connectivity index (χ0v) is 19.8. The lowest BCUT2D eigenvalue weighted by Gasteiger charge is -2.12. The molecule has 5 rings (SSSR count). The number of rotatable bonds is 9. The van der Waals surface area contributed by atoms with Gasteiger partial charge in [-0.3, -0.25) is 0 Å². The van der Waals surface area contributed by atoms with Crippen LogP contribution < -0.4 is 15.4 Å². The lowest BCUT2D eigenvalue weighted by molar-refractivity contribution is 0.290. The average Bonchev–Trinajstić information content (AvgIpc) is 3.36. The maximum absolute atomic E-state index is 13.9. The number of ether oxygens (including phenoxy) is 1. The summed E-state index contributed by atoms with van der Waals surface area (Å²) in [6, 6.07) is 20.9. The summed E-state index contributed by atoms with van der Waals surface area (Å²) in [4.78, 5) is 8.78. The molecule has 3 aromatic carbocycles. The van der Waals surface area contributed by atoms with Crippen molar-refractivity contribution in [2.24, 2.45) is 0 Å². The smallest absolute Gasteiger partial charge is 0.165 e. The number of aliphatic hydroxyl groups is 1. The fourth-order valence-electron chi connectivity index (χ4n) is 3.67. The molecule has 0 aliphatic heterocycles. The predicted octanol–water partition coefficient (Wildman–Crippen LogP) is 6.30. The standard InChI is InChI=1S/C27H22ClFN4O3/c28-21-14-18(6-9-25(21)36-26-4-2-1-3-22(26)29)33-27-20-13-17(5-8-23(20)31-16-32-27)24-10-7-19(35-24)15-30-11-12-34/h1-10,13-14,16,30,34H,11-12,15H2,(H,31,32,33). The van der Waals surface area contributed by atoms with Crippen LogP contribution in [0.25, 0.3) is 22.2 Å². The van der Waals surface area contributed by atoms with E-state index in [2.05, 4.69) is 20.6 Å². The Kier molecular flexibility index (Phi) is 7.08. The highest BCUT2D eigenvalue weighted by Gasteiger charge is 2.12. The number of furan rings is 1. The van der Waals surface area contributed by atoms with Gasteiger partial charge in [0.2, 0.25) is 0 Å². The number of hydrogen-bond donors (Lipinski definition) is 3. The van der Waals surface area contributed by atoms with Gasteiger partial charge in [0.25, 0.3) is 0 Å². The molecular formula is C27H22ClFN4O3. The van der Waals surface area contributed by atoms with Gasteiger partial charge in [-0.1, -0.05) is 23.7 Å². The number of para-hydroxylation sites is 1. The van der Waals surface area contributed by atoms with Crippen molar-refractivity contribution in [2.75, 3.05) is 18.5 Å². The van der Waals surface area contributed by atoms with Crippen LogP contribution >= 0.6 is 11.6 Å². The molecule has 0 aliphatic carbocycles. The van der Waals surface area contributed by atoms with Crippen molar-refractivity contribution in [3.63, 3.8) is 0 Å². The average molecular weight is 505 g/mol. The van der Waals surface area contributed by atoms with Crippen LogP contribution in [0.4, 0.5) is 15.9 Å². The Morgan fingerprint density at radius 1 is 0.972 bits per heavy atom. The van der Waals surface area contributed by atoms with Crippen LogP contribution in [0.3, 0.4) is 0 Å². The molecule has 0 spiro atoms. The number of aromatic nitrogens is 2. The lowest BCUT2D eigenvalue weighted by atomic mass is 10.1. The van der Waals surface area contributed by atoms with Crippen molar-refractivity contribution in [1.29, 1.82) is 0 Å². The van der Waals surface area contributed by atoms with Crippen molar-refractivity contribution in [1.82, 2.24) is 15.3 Å². The third kappa shape index (κ3) is 5.31.